The molecular formula is C42H28O. The molecule has 1 heterocycles. The van der Waals surface area contributed by atoms with Gasteiger partial charge in [-0.25, -0.2) is 0 Å². The first-order valence-corrected chi connectivity index (χ1v) is 15.0. The standard InChI is InChI=1S/C42H28O/c1-2-15-31-27(11-1)12-10-21-32(31)28-13-9-14-29(25-28)41-34-17-3-5-19-36(34)42(37-20-6-4-18-35(37)41)30-23-24-40-38(26-30)33-16-7-8-22-39(33)43-40/h1-25,38H,26H2. The second kappa shape index (κ2) is 9.58. The molecule has 0 fully saturated rings. The molecule has 1 nitrogen and oxygen atoms in total. The summed E-state index contributed by atoms with van der Waals surface area (Å²) in [5, 5.41) is 7.69. The molecule has 1 atom stereocenters. The van der Waals surface area contributed by atoms with Gasteiger partial charge in [0, 0.05) is 11.5 Å². The lowest BCUT2D eigenvalue weighted by Crippen LogP contribution is -2.05. The van der Waals surface area contributed by atoms with Crippen LogP contribution < -0.4 is 4.74 Å². The van der Waals surface area contributed by atoms with Crippen molar-refractivity contribution in [2.75, 3.05) is 0 Å². The molecule has 1 heteroatoms. The lowest BCUT2D eigenvalue weighted by Gasteiger charge is -2.23. The Kier molecular flexibility index (Phi) is 5.39. The smallest absolute Gasteiger partial charge is 0.130 e. The zero-order chi connectivity index (χ0) is 28.3. The highest BCUT2D eigenvalue weighted by Gasteiger charge is 2.33. The van der Waals surface area contributed by atoms with Gasteiger partial charge in [0.25, 0.3) is 0 Å². The van der Waals surface area contributed by atoms with Crippen LogP contribution in [-0.2, 0) is 0 Å². The minimum absolute atomic E-state index is 0.255. The third-order valence-corrected chi connectivity index (χ3v) is 9.24. The minimum Gasteiger partial charge on any atom is -0.461 e. The van der Waals surface area contributed by atoms with Crippen molar-refractivity contribution in [3.63, 3.8) is 0 Å². The Bertz CT molecular complexity index is 2240. The Hall–Kier alpha value is -5.40. The van der Waals surface area contributed by atoms with Gasteiger partial charge in [-0.2, -0.15) is 0 Å². The number of para-hydroxylation sites is 1. The van der Waals surface area contributed by atoms with Crippen LogP contribution >= 0.6 is 0 Å². The van der Waals surface area contributed by atoms with Crippen LogP contribution in [0, 0.1) is 0 Å². The van der Waals surface area contributed by atoms with Crippen molar-refractivity contribution in [3.8, 4) is 28.0 Å². The molecule has 0 saturated heterocycles. The quantitative estimate of drug-likeness (QED) is 0.200. The summed E-state index contributed by atoms with van der Waals surface area (Å²) in [5.74, 6) is 2.30. The van der Waals surface area contributed by atoms with Crippen molar-refractivity contribution < 1.29 is 4.74 Å². The summed E-state index contributed by atoms with van der Waals surface area (Å²) >= 11 is 0. The van der Waals surface area contributed by atoms with Gasteiger partial charge < -0.3 is 4.74 Å². The largest absolute Gasteiger partial charge is 0.461 e. The molecule has 43 heavy (non-hydrogen) atoms. The maximum absolute atomic E-state index is 6.24. The van der Waals surface area contributed by atoms with E-state index in [-0.39, 0.29) is 5.92 Å². The fourth-order valence-electron chi connectivity index (χ4n) is 7.33. The Labute approximate surface area is 251 Å². The number of benzene rings is 7. The lowest BCUT2D eigenvalue weighted by molar-refractivity contribution is 0.426. The molecule has 0 amide bonds. The molecular weight excluding hydrogens is 520 g/mol. The molecule has 202 valence electrons. The molecule has 0 bridgehead atoms. The maximum Gasteiger partial charge on any atom is 0.130 e. The van der Waals surface area contributed by atoms with Gasteiger partial charge in [-0.15, -0.1) is 0 Å². The van der Waals surface area contributed by atoms with E-state index in [1.165, 1.54) is 71.3 Å². The van der Waals surface area contributed by atoms with Crippen molar-refractivity contribution in [2.24, 2.45) is 0 Å². The van der Waals surface area contributed by atoms with Crippen molar-refractivity contribution in [3.05, 3.63) is 169 Å². The van der Waals surface area contributed by atoms with Crippen LogP contribution in [0.25, 0.3) is 60.1 Å². The van der Waals surface area contributed by atoms with E-state index in [0.717, 1.165) is 17.9 Å². The van der Waals surface area contributed by atoms with Gasteiger partial charge in [-0.1, -0.05) is 133 Å². The minimum atomic E-state index is 0.255. The second-order valence-corrected chi connectivity index (χ2v) is 11.6. The molecule has 0 radical (unpaired) electrons. The van der Waals surface area contributed by atoms with Crippen molar-refractivity contribution in [2.45, 2.75) is 12.3 Å². The Morgan fingerprint density at radius 2 is 1.09 bits per heavy atom. The monoisotopic (exact) mass is 548 g/mol. The highest BCUT2D eigenvalue weighted by atomic mass is 16.5. The first-order chi connectivity index (χ1) is 21.3. The molecule has 7 aromatic rings. The molecule has 1 unspecified atom stereocenters. The molecule has 0 saturated carbocycles. The van der Waals surface area contributed by atoms with Gasteiger partial charge >= 0.3 is 0 Å². The highest BCUT2D eigenvalue weighted by Crippen LogP contribution is 2.50. The van der Waals surface area contributed by atoms with Crippen LogP contribution in [0.1, 0.15) is 23.5 Å². The van der Waals surface area contributed by atoms with Gasteiger partial charge in [0.2, 0.25) is 0 Å². The second-order valence-electron chi connectivity index (χ2n) is 11.6. The number of hydrogen-bond acceptors (Lipinski definition) is 1. The molecule has 0 spiro atoms. The van der Waals surface area contributed by atoms with Crippen molar-refractivity contribution >= 4 is 37.9 Å². The maximum atomic E-state index is 6.24. The van der Waals surface area contributed by atoms with Crippen LogP contribution in [0.15, 0.2) is 157 Å². The zero-order valence-corrected chi connectivity index (χ0v) is 23.6. The fourth-order valence-corrected chi connectivity index (χ4v) is 7.33. The van der Waals surface area contributed by atoms with E-state index in [1.54, 1.807) is 0 Å². The summed E-state index contributed by atoms with van der Waals surface area (Å²) < 4.78 is 6.24. The summed E-state index contributed by atoms with van der Waals surface area (Å²) in [6.45, 7) is 0. The van der Waals surface area contributed by atoms with E-state index >= 15 is 0 Å². The third-order valence-electron chi connectivity index (χ3n) is 9.24. The highest BCUT2D eigenvalue weighted by molar-refractivity contribution is 6.19. The van der Waals surface area contributed by atoms with E-state index < -0.39 is 0 Å². The first kappa shape index (κ1) is 24.2. The van der Waals surface area contributed by atoms with Gasteiger partial charge in [-0.05, 0) is 90.3 Å². The summed E-state index contributed by atoms with van der Waals surface area (Å²) in [6.07, 6.45) is 5.40. The molecule has 2 aliphatic rings. The van der Waals surface area contributed by atoms with E-state index in [4.69, 9.17) is 4.74 Å². The van der Waals surface area contributed by atoms with Crippen LogP contribution in [0.5, 0.6) is 5.75 Å². The van der Waals surface area contributed by atoms with Gasteiger partial charge in [0.05, 0.1) is 0 Å². The van der Waals surface area contributed by atoms with Crippen LogP contribution in [-0.4, -0.2) is 0 Å². The summed E-state index contributed by atoms with van der Waals surface area (Å²) in [7, 11) is 0. The molecule has 9 rings (SSSR count). The predicted molar refractivity (Wildman–Crippen MR) is 180 cm³/mol. The number of fused-ring (bicyclic) bond motifs is 6. The average Bonchev–Trinajstić information content (AvgIpc) is 3.45. The fraction of sp³-hybridized carbons (Fsp3) is 0.0476. The van der Waals surface area contributed by atoms with Crippen LogP contribution in [0.4, 0.5) is 0 Å². The number of ether oxygens (including phenoxy) is 1. The lowest BCUT2D eigenvalue weighted by atomic mass is 9.80. The number of rotatable bonds is 3. The summed E-state index contributed by atoms with van der Waals surface area (Å²) in [4.78, 5) is 0. The zero-order valence-electron chi connectivity index (χ0n) is 23.6. The average molecular weight is 549 g/mol. The van der Waals surface area contributed by atoms with Gasteiger partial charge in [0.1, 0.15) is 11.5 Å². The van der Waals surface area contributed by atoms with E-state index in [0.29, 0.717) is 0 Å². The Morgan fingerprint density at radius 1 is 0.488 bits per heavy atom. The van der Waals surface area contributed by atoms with Crippen LogP contribution in [0.2, 0.25) is 0 Å². The molecule has 7 aromatic carbocycles. The summed E-state index contributed by atoms with van der Waals surface area (Å²) in [6, 6.07) is 50.7. The van der Waals surface area contributed by atoms with Crippen molar-refractivity contribution in [1.82, 2.24) is 0 Å². The van der Waals surface area contributed by atoms with Crippen molar-refractivity contribution in [1.29, 1.82) is 0 Å². The molecule has 1 aliphatic carbocycles. The predicted octanol–water partition coefficient (Wildman–Crippen LogP) is 11.3. The van der Waals surface area contributed by atoms with E-state index in [2.05, 4.69) is 152 Å². The molecule has 1 aliphatic heterocycles. The third kappa shape index (κ3) is 3.78. The first-order valence-electron chi connectivity index (χ1n) is 15.0. The SMILES string of the molecule is C1=C(c2c3ccccc3c(-c3cccc(-c4cccc5ccccc45)c3)c3ccccc23)CC2C(=C1)Oc1ccccc12. The topological polar surface area (TPSA) is 9.23 Å². The molecule has 0 N–H and O–H groups in total. The van der Waals surface area contributed by atoms with E-state index in [1.807, 2.05) is 0 Å². The summed E-state index contributed by atoms with van der Waals surface area (Å²) in [5.41, 5.74) is 9.01. The molecule has 0 aromatic heterocycles. The van der Waals surface area contributed by atoms with E-state index in [9.17, 15) is 0 Å². The van der Waals surface area contributed by atoms with Gasteiger partial charge in [0.15, 0.2) is 0 Å². The number of allylic oxidation sites excluding steroid dienone is 4. The van der Waals surface area contributed by atoms with Crippen LogP contribution in [0.3, 0.4) is 0 Å². The van der Waals surface area contributed by atoms with Gasteiger partial charge in [-0.3, -0.25) is 0 Å². The number of hydrogen-bond donors (Lipinski definition) is 0. The normalized spacial score (nSPS) is 15.6. The Morgan fingerprint density at radius 3 is 1.88 bits per heavy atom. The Balaban J connectivity index is 1.26.